The van der Waals surface area contributed by atoms with Gasteiger partial charge in [0, 0.05) is 23.3 Å². The number of rotatable bonds is 5. The predicted molar refractivity (Wildman–Crippen MR) is 72.2 cm³/mol. The van der Waals surface area contributed by atoms with Crippen LogP contribution in [0.5, 0.6) is 5.75 Å². The second kappa shape index (κ2) is 5.85. The van der Waals surface area contributed by atoms with E-state index in [9.17, 15) is 15.2 Å². The molecule has 0 unspecified atom stereocenters. The summed E-state index contributed by atoms with van der Waals surface area (Å²) in [6.45, 7) is 7.95. The van der Waals surface area contributed by atoms with Crippen molar-refractivity contribution in [3.05, 3.63) is 33.4 Å². The number of nitro groups is 1. The molecule has 1 aromatic rings. The van der Waals surface area contributed by atoms with Gasteiger partial charge in [0.2, 0.25) is 0 Å². The van der Waals surface area contributed by atoms with Crippen LogP contribution in [-0.4, -0.2) is 10.0 Å². The van der Waals surface area contributed by atoms with E-state index in [2.05, 4.69) is 0 Å². The third-order valence-electron chi connectivity index (χ3n) is 3.65. The predicted octanol–water partition coefficient (Wildman–Crippen LogP) is 4.33. The van der Waals surface area contributed by atoms with E-state index >= 15 is 0 Å². The number of non-ortho nitro benzene ring substituents is 1. The molecule has 0 aromatic heterocycles. The van der Waals surface area contributed by atoms with Crippen molar-refractivity contribution in [2.45, 2.75) is 52.4 Å². The van der Waals surface area contributed by atoms with Gasteiger partial charge in [0.25, 0.3) is 5.69 Å². The van der Waals surface area contributed by atoms with Crippen LogP contribution < -0.4 is 0 Å². The van der Waals surface area contributed by atoms with Crippen LogP contribution in [0.1, 0.15) is 63.5 Å². The van der Waals surface area contributed by atoms with Gasteiger partial charge in [-0.3, -0.25) is 10.1 Å². The van der Waals surface area contributed by atoms with Gasteiger partial charge in [-0.05, 0) is 24.7 Å². The summed E-state index contributed by atoms with van der Waals surface area (Å²) in [5, 5.41) is 21.2. The Labute approximate surface area is 108 Å². The number of hydrogen-bond donors (Lipinski definition) is 1. The van der Waals surface area contributed by atoms with Gasteiger partial charge in [-0.1, -0.05) is 27.7 Å². The SMILES string of the molecule is CC[C@H](C)c1cc([N+](=O)[O-])cc([C@@H](C)CC)c1O. The maximum Gasteiger partial charge on any atom is 0.270 e. The molecule has 4 nitrogen and oxygen atoms in total. The molecule has 0 saturated heterocycles. The summed E-state index contributed by atoms with van der Waals surface area (Å²) >= 11 is 0. The molecule has 0 aliphatic heterocycles. The molecule has 0 spiro atoms. The van der Waals surface area contributed by atoms with Crippen LogP contribution in [0.4, 0.5) is 5.69 Å². The number of benzene rings is 1. The molecule has 0 aliphatic rings. The summed E-state index contributed by atoms with van der Waals surface area (Å²) in [5.41, 5.74) is 1.43. The van der Waals surface area contributed by atoms with Crippen molar-refractivity contribution in [1.29, 1.82) is 0 Å². The van der Waals surface area contributed by atoms with Crippen molar-refractivity contribution in [2.24, 2.45) is 0 Å². The zero-order valence-electron chi connectivity index (χ0n) is 11.4. The number of nitro benzene ring substituents is 1. The lowest BCUT2D eigenvalue weighted by Gasteiger charge is -2.17. The van der Waals surface area contributed by atoms with Gasteiger partial charge >= 0.3 is 0 Å². The second-order valence-corrected chi connectivity index (χ2v) is 4.85. The first-order valence-electron chi connectivity index (χ1n) is 6.43. The Kier molecular flexibility index (Phi) is 4.70. The molecule has 4 heteroatoms. The first-order chi connectivity index (χ1) is 8.42. The number of phenols is 1. The van der Waals surface area contributed by atoms with Crippen LogP contribution in [0.3, 0.4) is 0 Å². The Morgan fingerprint density at radius 2 is 1.56 bits per heavy atom. The molecule has 1 rings (SSSR count). The lowest BCUT2D eigenvalue weighted by Crippen LogP contribution is -2.01. The van der Waals surface area contributed by atoms with Crippen LogP contribution in [0.2, 0.25) is 0 Å². The molecular formula is C14H21NO3. The monoisotopic (exact) mass is 251 g/mol. The van der Waals surface area contributed by atoms with Crippen molar-refractivity contribution >= 4 is 5.69 Å². The fourth-order valence-corrected chi connectivity index (χ4v) is 1.96. The van der Waals surface area contributed by atoms with Gasteiger partial charge in [0.05, 0.1) is 4.92 Å². The fourth-order valence-electron chi connectivity index (χ4n) is 1.96. The lowest BCUT2D eigenvalue weighted by atomic mass is 9.89. The number of nitrogens with zero attached hydrogens (tertiary/aromatic N) is 1. The Bertz CT molecular complexity index is 412. The van der Waals surface area contributed by atoms with E-state index in [0.717, 1.165) is 12.8 Å². The van der Waals surface area contributed by atoms with E-state index in [1.54, 1.807) is 0 Å². The lowest BCUT2D eigenvalue weighted by molar-refractivity contribution is -0.385. The maximum absolute atomic E-state index is 11.0. The Morgan fingerprint density at radius 1 is 1.17 bits per heavy atom. The summed E-state index contributed by atoms with van der Waals surface area (Å²) in [6, 6.07) is 2.99. The normalized spacial score (nSPS) is 14.2. The molecule has 0 bridgehead atoms. The van der Waals surface area contributed by atoms with Gasteiger partial charge in [0.1, 0.15) is 5.75 Å². The summed E-state index contributed by atoms with van der Waals surface area (Å²) in [6.07, 6.45) is 1.68. The largest absolute Gasteiger partial charge is 0.507 e. The zero-order valence-corrected chi connectivity index (χ0v) is 11.4. The maximum atomic E-state index is 11.0. The average Bonchev–Trinajstić information content (AvgIpc) is 2.36. The van der Waals surface area contributed by atoms with Crippen molar-refractivity contribution in [3.8, 4) is 5.75 Å². The van der Waals surface area contributed by atoms with E-state index < -0.39 is 4.92 Å². The molecule has 2 atom stereocenters. The highest BCUT2D eigenvalue weighted by molar-refractivity contribution is 5.52. The van der Waals surface area contributed by atoms with Crippen molar-refractivity contribution in [3.63, 3.8) is 0 Å². The standard InChI is InChI=1S/C14H21NO3/c1-5-9(3)12-7-11(15(17)18)8-13(14(12)16)10(4)6-2/h7-10,16H,5-6H2,1-4H3/t9-,10-/m0/s1. The highest BCUT2D eigenvalue weighted by Crippen LogP contribution is 2.38. The summed E-state index contributed by atoms with van der Waals surface area (Å²) in [4.78, 5) is 10.6. The van der Waals surface area contributed by atoms with Crippen LogP contribution in [-0.2, 0) is 0 Å². The van der Waals surface area contributed by atoms with Gasteiger partial charge in [-0.2, -0.15) is 0 Å². The van der Waals surface area contributed by atoms with Crippen LogP contribution in [0, 0.1) is 10.1 Å². The summed E-state index contributed by atoms with van der Waals surface area (Å²) in [7, 11) is 0. The molecule has 0 saturated carbocycles. The molecule has 0 radical (unpaired) electrons. The van der Waals surface area contributed by atoms with E-state index in [-0.39, 0.29) is 23.3 Å². The molecular weight excluding hydrogens is 230 g/mol. The molecule has 0 fully saturated rings. The minimum Gasteiger partial charge on any atom is -0.507 e. The minimum atomic E-state index is -0.392. The molecule has 0 heterocycles. The van der Waals surface area contributed by atoms with Gasteiger partial charge in [-0.15, -0.1) is 0 Å². The molecule has 18 heavy (non-hydrogen) atoms. The zero-order chi connectivity index (χ0) is 13.9. The Morgan fingerprint density at radius 3 is 1.83 bits per heavy atom. The smallest absolute Gasteiger partial charge is 0.270 e. The quantitative estimate of drug-likeness (QED) is 0.625. The number of phenolic OH excluding ortho intramolecular Hbond substituents is 1. The first kappa shape index (κ1) is 14.5. The molecule has 1 N–H and O–H groups in total. The van der Waals surface area contributed by atoms with Crippen molar-refractivity contribution in [1.82, 2.24) is 0 Å². The summed E-state index contributed by atoms with van der Waals surface area (Å²) < 4.78 is 0. The Hall–Kier alpha value is -1.58. The Balaban J connectivity index is 3.42. The van der Waals surface area contributed by atoms with Gasteiger partial charge in [-0.25, -0.2) is 0 Å². The first-order valence-corrected chi connectivity index (χ1v) is 6.43. The topological polar surface area (TPSA) is 63.4 Å². The van der Waals surface area contributed by atoms with Crippen LogP contribution in [0.15, 0.2) is 12.1 Å². The summed E-state index contributed by atoms with van der Waals surface area (Å²) in [5.74, 6) is 0.463. The number of hydrogen-bond acceptors (Lipinski definition) is 3. The van der Waals surface area contributed by atoms with E-state index in [1.807, 2.05) is 27.7 Å². The molecule has 0 aliphatic carbocycles. The third-order valence-corrected chi connectivity index (χ3v) is 3.65. The minimum absolute atomic E-state index is 0.0680. The highest BCUT2D eigenvalue weighted by atomic mass is 16.6. The molecule has 0 amide bonds. The van der Waals surface area contributed by atoms with Crippen LogP contribution >= 0.6 is 0 Å². The van der Waals surface area contributed by atoms with E-state index in [1.165, 1.54) is 12.1 Å². The second-order valence-electron chi connectivity index (χ2n) is 4.85. The highest BCUT2D eigenvalue weighted by Gasteiger charge is 2.21. The fraction of sp³-hybridized carbons (Fsp3) is 0.571. The van der Waals surface area contributed by atoms with Crippen molar-refractivity contribution < 1.29 is 10.0 Å². The van der Waals surface area contributed by atoms with E-state index in [0.29, 0.717) is 11.1 Å². The van der Waals surface area contributed by atoms with Crippen LogP contribution in [0.25, 0.3) is 0 Å². The van der Waals surface area contributed by atoms with Gasteiger partial charge in [0.15, 0.2) is 0 Å². The van der Waals surface area contributed by atoms with Gasteiger partial charge < -0.3 is 5.11 Å². The van der Waals surface area contributed by atoms with E-state index in [4.69, 9.17) is 0 Å². The molecule has 1 aromatic carbocycles. The average molecular weight is 251 g/mol. The third kappa shape index (κ3) is 2.81. The van der Waals surface area contributed by atoms with Crippen molar-refractivity contribution in [2.75, 3.05) is 0 Å². The molecule has 100 valence electrons. The number of aromatic hydroxyl groups is 1.